The van der Waals surface area contributed by atoms with E-state index in [1.165, 1.54) is 0 Å². The van der Waals surface area contributed by atoms with Gasteiger partial charge in [0, 0.05) is 28.7 Å². The van der Waals surface area contributed by atoms with Crippen molar-refractivity contribution in [1.82, 2.24) is 5.32 Å². The van der Waals surface area contributed by atoms with Crippen molar-refractivity contribution in [3.05, 3.63) is 62.0 Å². The molecule has 21 heavy (non-hydrogen) atoms. The summed E-state index contributed by atoms with van der Waals surface area (Å²) in [6.45, 7) is 0.540. The number of benzene rings is 2. The highest BCUT2D eigenvalue weighted by Gasteiger charge is 2.08. The Kier molecular flexibility index (Phi) is 5.51. The predicted octanol–water partition coefficient (Wildman–Crippen LogP) is 4.73. The first-order chi connectivity index (χ1) is 10.0. The fraction of sp³-hybridized carbons (Fsp3) is 0.133. The summed E-state index contributed by atoms with van der Waals surface area (Å²) in [6, 6.07) is 10.7. The summed E-state index contributed by atoms with van der Waals surface area (Å²) in [6.07, 6.45) is 0. The van der Waals surface area contributed by atoms with Crippen LogP contribution >= 0.6 is 39.1 Å². The molecular weight excluding hydrogens is 375 g/mol. The lowest BCUT2D eigenvalue weighted by Gasteiger charge is -2.11. The van der Waals surface area contributed by atoms with Crippen LogP contribution in [-0.2, 0) is 6.54 Å². The summed E-state index contributed by atoms with van der Waals surface area (Å²) in [5.74, 6) is -0.154. The Morgan fingerprint density at radius 1 is 1.19 bits per heavy atom. The van der Waals surface area contributed by atoms with Gasteiger partial charge in [-0.25, -0.2) is 0 Å². The van der Waals surface area contributed by atoms with E-state index < -0.39 is 0 Å². The van der Waals surface area contributed by atoms with Crippen molar-refractivity contribution < 1.29 is 4.79 Å². The molecule has 2 rings (SSSR count). The van der Waals surface area contributed by atoms with Crippen LogP contribution in [0.1, 0.15) is 15.9 Å². The zero-order chi connectivity index (χ0) is 15.4. The first kappa shape index (κ1) is 16.1. The molecule has 0 spiro atoms. The topological polar surface area (TPSA) is 41.1 Å². The normalized spacial score (nSPS) is 10.3. The van der Waals surface area contributed by atoms with Crippen molar-refractivity contribution in [2.45, 2.75) is 6.54 Å². The molecule has 0 atom stereocenters. The van der Waals surface area contributed by atoms with E-state index in [0.29, 0.717) is 27.8 Å². The van der Waals surface area contributed by atoms with Crippen molar-refractivity contribution in [2.75, 3.05) is 12.4 Å². The zero-order valence-electron chi connectivity index (χ0n) is 11.2. The van der Waals surface area contributed by atoms with Crippen molar-refractivity contribution in [3.8, 4) is 0 Å². The van der Waals surface area contributed by atoms with Crippen LogP contribution in [0.2, 0.25) is 10.0 Å². The molecule has 0 bridgehead atoms. The molecule has 1 amide bonds. The highest BCUT2D eigenvalue weighted by molar-refractivity contribution is 9.10. The van der Waals surface area contributed by atoms with E-state index in [4.69, 9.17) is 23.2 Å². The SMILES string of the molecule is CNC(=O)c1ccc(Cl)c(NCc2cc(Cl)ccc2Br)c1. The molecule has 0 unspecified atom stereocenters. The lowest BCUT2D eigenvalue weighted by atomic mass is 10.1. The molecular formula is C15H13BrCl2N2O. The molecule has 0 saturated carbocycles. The van der Waals surface area contributed by atoms with E-state index in [0.717, 1.165) is 10.0 Å². The van der Waals surface area contributed by atoms with Crippen molar-refractivity contribution in [3.63, 3.8) is 0 Å². The smallest absolute Gasteiger partial charge is 0.251 e. The maximum absolute atomic E-state index is 11.6. The molecule has 0 aliphatic carbocycles. The maximum Gasteiger partial charge on any atom is 0.251 e. The summed E-state index contributed by atoms with van der Waals surface area (Å²) in [7, 11) is 1.59. The fourth-order valence-corrected chi connectivity index (χ4v) is 2.58. The first-order valence-corrected chi connectivity index (χ1v) is 7.75. The summed E-state index contributed by atoms with van der Waals surface area (Å²) in [5, 5.41) is 7.02. The van der Waals surface area contributed by atoms with Gasteiger partial charge >= 0.3 is 0 Å². The second-order valence-electron chi connectivity index (χ2n) is 4.36. The second-order valence-corrected chi connectivity index (χ2v) is 6.06. The van der Waals surface area contributed by atoms with E-state index in [1.54, 1.807) is 25.2 Å². The minimum absolute atomic E-state index is 0.154. The van der Waals surface area contributed by atoms with Crippen LogP contribution in [0.15, 0.2) is 40.9 Å². The Morgan fingerprint density at radius 3 is 2.67 bits per heavy atom. The highest BCUT2D eigenvalue weighted by Crippen LogP contribution is 2.26. The minimum Gasteiger partial charge on any atom is -0.380 e. The molecule has 0 aliphatic rings. The molecule has 6 heteroatoms. The van der Waals surface area contributed by atoms with E-state index >= 15 is 0 Å². The predicted molar refractivity (Wildman–Crippen MR) is 91.3 cm³/mol. The van der Waals surface area contributed by atoms with Crippen LogP contribution in [0.25, 0.3) is 0 Å². The molecule has 0 fully saturated rings. The van der Waals surface area contributed by atoms with Gasteiger partial charge in [0.2, 0.25) is 0 Å². The van der Waals surface area contributed by atoms with Gasteiger partial charge in [0.25, 0.3) is 5.91 Å². The van der Waals surface area contributed by atoms with Gasteiger partial charge in [0.05, 0.1) is 10.7 Å². The summed E-state index contributed by atoms with van der Waals surface area (Å²) in [5.41, 5.74) is 2.25. The highest BCUT2D eigenvalue weighted by atomic mass is 79.9. The number of anilines is 1. The van der Waals surface area contributed by atoms with Gasteiger partial charge in [-0.1, -0.05) is 39.1 Å². The summed E-state index contributed by atoms with van der Waals surface area (Å²) >= 11 is 15.6. The zero-order valence-corrected chi connectivity index (χ0v) is 14.3. The Hall–Kier alpha value is -1.23. The Morgan fingerprint density at radius 2 is 1.95 bits per heavy atom. The molecule has 110 valence electrons. The third kappa shape index (κ3) is 4.13. The lowest BCUT2D eigenvalue weighted by Crippen LogP contribution is -2.17. The van der Waals surface area contributed by atoms with Gasteiger partial charge in [0.1, 0.15) is 0 Å². The van der Waals surface area contributed by atoms with Crippen LogP contribution in [0.5, 0.6) is 0 Å². The third-order valence-corrected chi connectivity index (χ3v) is 4.27. The van der Waals surface area contributed by atoms with Gasteiger partial charge in [-0.3, -0.25) is 4.79 Å². The average molecular weight is 388 g/mol. The number of carbonyl (C=O) groups excluding carboxylic acids is 1. The molecule has 2 N–H and O–H groups in total. The van der Waals surface area contributed by atoms with Crippen molar-refractivity contribution >= 4 is 50.7 Å². The number of halogens is 3. The van der Waals surface area contributed by atoms with E-state index in [2.05, 4.69) is 26.6 Å². The van der Waals surface area contributed by atoms with Gasteiger partial charge in [0.15, 0.2) is 0 Å². The standard InChI is InChI=1S/C15H13BrCl2N2O/c1-19-15(21)9-2-5-13(18)14(7-9)20-8-10-6-11(17)3-4-12(10)16/h2-7,20H,8H2,1H3,(H,19,21). The number of nitrogens with one attached hydrogen (secondary N) is 2. The summed E-state index contributed by atoms with van der Waals surface area (Å²) < 4.78 is 0.956. The Balaban J connectivity index is 2.19. The fourth-order valence-electron chi connectivity index (χ4n) is 1.82. The quantitative estimate of drug-likeness (QED) is 0.796. The van der Waals surface area contributed by atoms with E-state index in [9.17, 15) is 4.79 Å². The number of amides is 1. The second kappa shape index (κ2) is 7.16. The van der Waals surface area contributed by atoms with Crippen molar-refractivity contribution in [2.24, 2.45) is 0 Å². The van der Waals surface area contributed by atoms with Crippen LogP contribution in [0, 0.1) is 0 Å². The first-order valence-electron chi connectivity index (χ1n) is 6.20. The Bertz CT molecular complexity index is 677. The van der Waals surface area contributed by atoms with Gasteiger partial charge < -0.3 is 10.6 Å². The maximum atomic E-state index is 11.6. The van der Waals surface area contributed by atoms with Gasteiger partial charge in [-0.2, -0.15) is 0 Å². The van der Waals surface area contributed by atoms with E-state index in [-0.39, 0.29) is 5.91 Å². The monoisotopic (exact) mass is 386 g/mol. The molecule has 0 radical (unpaired) electrons. The van der Waals surface area contributed by atoms with Crippen LogP contribution in [0.3, 0.4) is 0 Å². The number of hydrogen-bond donors (Lipinski definition) is 2. The molecule has 3 nitrogen and oxygen atoms in total. The molecule has 0 aliphatic heterocycles. The number of rotatable bonds is 4. The van der Waals surface area contributed by atoms with Gasteiger partial charge in [-0.05, 0) is 42.0 Å². The van der Waals surface area contributed by atoms with Crippen LogP contribution in [-0.4, -0.2) is 13.0 Å². The lowest BCUT2D eigenvalue weighted by molar-refractivity contribution is 0.0963. The largest absolute Gasteiger partial charge is 0.380 e. The van der Waals surface area contributed by atoms with E-state index in [1.807, 2.05) is 18.2 Å². The van der Waals surface area contributed by atoms with Crippen LogP contribution in [0.4, 0.5) is 5.69 Å². The molecule has 0 heterocycles. The molecule has 0 aromatic heterocycles. The molecule has 0 saturated heterocycles. The molecule has 2 aromatic rings. The molecule has 2 aromatic carbocycles. The van der Waals surface area contributed by atoms with Crippen LogP contribution < -0.4 is 10.6 Å². The third-order valence-electron chi connectivity index (χ3n) is 2.93. The Labute approximate surface area is 141 Å². The summed E-state index contributed by atoms with van der Waals surface area (Å²) in [4.78, 5) is 11.6. The van der Waals surface area contributed by atoms with Gasteiger partial charge in [-0.15, -0.1) is 0 Å². The van der Waals surface area contributed by atoms with Crippen molar-refractivity contribution in [1.29, 1.82) is 0 Å². The number of carbonyl (C=O) groups is 1. The minimum atomic E-state index is -0.154. The number of hydrogen-bond acceptors (Lipinski definition) is 2. The average Bonchev–Trinajstić information content (AvgIpc) is 2.48.